The van der Waals surface area contributed by atoms with Crippen molar-refractivity contribution in [1.82, 2.24) is 5.32 Å². The summed E-state index contributed by atoms with van der Waals surface area (Å²) in [4.78, 5) is 11.9. The second kappa shape index (κ2) is 4.62. The van der Waals surface area contributed by atoms with E-state index in [1.54, 1.807) is 0 Å². The van der Waals surface area contributed by atoms with Crippen molar-refractivity contribution in [2.45, 2.75) is 6.04 Å². The number of nitrogens with one attached hydrogen (secondary N) is 1. The van der Waals surface area contributed by atoms with Crippen LogP contribution in [-0.2, 0) is 0 Å². The predicted molar refractivity (Wildman–Crippen MR) is 59.9 cm³/mol. The van der Waals surface area contributed by atoms with E-state index >= 15 is 0 Å². The zero-order valence-corrected chi connectivity index (χ0v) is 8.72. The minimum Gasteiger partial charge on any atom is -0.306 e. The lowest BCUT2D eigenvalue weighted by molar-refractivity contribution is 0.0953. The predicted octanol–water partition coefficient (Wildman–Crippen LogP) is 1.57. The summed E-state index contributed by atoms with van der Waals surface area (Å²) < 4.78 is 0. The van der Waals surface area contributed by atoms with Gasteiger partial charge in [-0.25, -0.2) is 0 Å². The maximum atomic E-state index is 11.9. The van der Waals surface area contributed by atoms with Gasteiger partial charge in [0.15, 0.2) is 5.78 Å². The molecule has 2 nitrogen and oxygen atoms in total. The minimum absolute atomic E-state index is 0.0103. The van der Waals surface area contributed by atoms with Crippen molar-refractivity contribution in [3.63, 3.8) is 0 Å². The maximum Gasteiger partial charge on any atom is 0.180 e. The highest BCUT2D eigenvalue weighted by molar-refractivity contribution is 7.99. The molecule has 0 radical (unpaired) electrons. The molecular weight excluding hydrogens is 194 g/mol. The molecule has 0 amide bonds. The zero-order chi connectivity index (χ0) is 9.80. The third-order valence-electron chi connectivity index (χ3n) is 2.30. The molecule has 0 saturated carbocycles. The molecule has 1 aliphatic heterocycles. The van der Waals surface area contributed by atoms with E-state index in [-0.39, 0.29) is 11.8 Å². The molecule has 1 N–H and O–H groups in total. The highest BCUT2D eigenvalue weighted by Gasteiger charge is 2.21. The monoisotopic (exact) mass is 207 g/mol. The first kappa shape index (κ1) is 9.74. The van der Waals surface area contributed by atoms with Crippen LogP contribution in [0.4, 0.5) is 0 Å². The molecule has 14 heavy (non-hydrogen) atoms. The normalized spacial score (nSPS) is 21.9. The minimum atomic E-state index is 0.0103. The van der Waals surface area contributed by atoms with Crippen LogP contribution in [0, 0.1) is 0 Å². The first-order valence-electron chi connectivity index (χ1n) is 4.78. The summed E-state index contributed by atoms with van der Waals surface area (Å²) in [6.45, 7) is 0.938. The summed E-state index contributed by atoms with van der Waals surface area (Å²) in [6.07, 6.45) is 0. The lowest BCUT2D eigenvalue weighted by Crippen LogP contribution is -2.43. The molecule has 2 rings (SSSR count). The number of ketones is 1. The summed E-state index contributed by atoms with van der Waals surface area (Å²) in [7, 11) is 0. The average molecular weight is 207 g/mol. The van der Waals surface area contributed by atoms with E-state index in [1.165, 1.54) is 0 Å². The van der Waals surface area contributed by atoms with E-state index in [2.05, 4.69) is 5.32 Å². The van der Waals surface area contributed by atoms with Crippen LogP contribution in [0.1, 0.15) is 10.4 Å². The first-order chi connectivity index (χ1) is 6.88. The molecule has 3 heteroatoms. The number of hydrogen-bond donors (Lipinski definition) is 1. The lowest BCUT2D eigenvalue weighted by Gasteiger charge is -2.21. The van der Waals surface area contributed by atoms with Gasteiger partial charge in [0, 0.05) is 23.6 Å². The average Bonchev–Trinajstić information content (AvgIpc) is 2.30. The van der Waals surface area contributed by atoms with Crippen molar-refractivity contribution >= 4 is 17.5 Å². The summed E-state index contributed by atoms with van der Waals surface area (Å²) in [5.74, 6) is 2.23. The van der Waals surface area contributed by atoms with Gasteiger partial charge in [-0.3, -0.25) is 4.79 Å². The van der Waals surface area contributed by atoms with Crippen LogP contribution in [0.25, 0.3) is 0 Å². The van der Waals surface area contributed by atoms with Crippen molar-refractivity contribution in [3.05, 3.63) is 35.9 Å². The van der Waals surface area contributed by atoms with Crippen LogP contribution in [0.5, 0.6) is 0 Å². The van der Waals surface area contributed by atoms with E-state index in [1.807, 2.05) is 42.1 Å². The van der Waals surface area contributed by atoms with Gasteiger partial charge in [0.25, 0.3) is 0 Å². The van der Waals surface area contributed by atoms with Crippen molar-refractivity contribution < 1.29 is 4.79 Å². The van der Waals surface area contributed by atoms with Crippen molar-refractivity contribution in [1.29, 1.82) is 0 Å². The Balaban J connectivity index is 2.07. The highest BCUT2D eigenvalue weighted by atomic mass is 32.2. The summed E-state index contributed by atoms with van der Waals surface area (Å²) in [5.41, 5.74) is 0.813. The number of benzene rings is 1. The highest BCUT2D eigenvalue weighted by Crippen LogP contribution is 2.12. The van der Waals surface area contributed by atoms with Gasteiger partial charge in [-0.15, -0.1) is 0 Å². The largest absolute Gasteiger partial charge is 0.306 e. The van der Waals surface area contributed by atoms with Gasteiger partial charge < -0.3 is 5.32 Å². The Morgan fingerprint density at radius 3 is 2.79 bits per heavy atom. The molecule has 1 heterocycles. The molecule has 1 unspecified atom stereocenters. The van der Waals surface area contributed by atoms with Crippen LogP contribution in [0.2, 0.25) is 0 Å². The van der Waals surface area contributed by atoms with Gasteiger partial charge in [-0.1, -0.05) is 30.3 Å². The van der Waals surface area contributed by atoms with Gasteiger partial charge in [0.05, 0.1) is 6.04 Å². The van der Waals surface area contributed by atoms with Gasteiger partial charge in [0.2, 0.25) is 0 Å². The third kappa shape index (κ3) is 2.16. The standard InChI is InChI=1S/C11H13NOS/c13-11(9-4-2-1-3-5-9)10-8-14-7-6-12-10/h1-5,10,12H,6-8H2. The molecule has 1 aromatic carbocycles. The smallest absolute Gasteiger partial charge is 0.180 e. The van der Waals surface area contributed by atoms with Crippen LogP contribution >= 0.6 is 11.8 Å². The second-order valence-electron chi connectivity index (χ2n) is 3.31. The summed E-state index contributed by atoms with van der Waals surface area (Å²) in [6, 6.07) is 9.51. The molecule has 1 fully saturated rings. The molecule has 1 saturated heterocycles. The number of hydrogen-bond acceptors (Lipinski definition) is 3. The molecular formula is C11H13NOS. The van der Waals surface area contributed by atoms with Gasteiger partial charge in [0.1, 0.15) is 0 Å². The summed E-state index contributed by atoms with van der Waals surface area (Å²) >= 11 is 1.84. The first-order valence-corrected chi connectivity index (χ1v) is 5.94. The van der Waals surface area contributed by atoms with Crippen LogP contribution in [0.15, 0.2) is 30.3 Å². The Kier molecular flexibility index (Phi) is 3.22. The van der Waals surface area contributed by atoms with Crippen molar-refractivity contribution in [3.8, 4) is 0 Å². The lowest BCUT2D eigenvalue weighted by atomic mass is 10.1. The number of carbonyl (C=O) groups excluding carboxylic acids is 1. The molecule has 1 aliphatic rings. The van der Waals surface area contributed by atoms with E-state index in [0.29, 0.717) is 0 Å². The third-order valence-corrected chi connectivity index (χ3v) is 3.36. The van der Waals surface area contributed by atoms with E-state index in [0.717, 1.165) is 23.6 Å². The fraction of sp³-hybridized carbons (Fsp3) is 0.364. The fourth-order valence-corrected chi connectivity index (χ4v) is 2.47. The fourth-order valence-electron chi connectivity index (χ4n) is 1.54. The van der Waals surface area contributed by atoms with Crippen LogP contribution in [0.3, 0.4) is 0 Å². The molecule has 0 bridgehead atoms. The Morgan fingerprint density at radius 2 is 2.14 bits per heavy atom. The van der Waals surface area contributed by atoms with Crippen molar-refractivity contribution in [2.75, 3.05) is 18.1 Å². The van der Waals surface area contributed by atoms with Gasteiger partial charge >= 0.3 is 0 Å². The summed E-state index contributed by atoms with van der Waals surface area (Å²) in [5, 5.41) is 3.25. The number of Topliss-reactive ketones (excluding diaryl/α,β-unsaturated/α-hetero) is 1. The molecule has 1 aromatic rings. The molecule has 1 atom stereocenters. The van der Waals surface area contributed by atoms with Crippen LogP contribution < -0.4 is 5.32 Å². The second-order valence-corrected chi connectivity index (χ2v) is 4.46. The number of rotatable bonds is 2. The Bertz CT molecular complexity index is 306. The van der Waals surface area contributed by atoms with Gasteiger partial charge in [-0.05, 0) is 0 Å². The Hall–Kier alpha value is -0.800. The van der Waals surface area contributed by atoms with E-state index < -0.39 is 0 Å². The van der Waals surface area contributed by atoms with E-state index in [4.69, 9.17) is 0 Å². The number of carbonyl (C=O) groups is 1. The quantitative estimate of drug-likeness (QED) is 0.746. The maximum absolute atomic E-state index is 11.9. The Labute approximate surface area is 88.1 Å². The zero-order valence-electron chi connectivity index (χ0n) is 7.90. The topological polar surface area (TPSA) is 29.1 Å². The molecule has 74 valence electrons. The molecule has 0 aliphatic carbocycles. The Morgan fingerprint density at radius 1 is 1.36 bits per heavy atom. The SMILES string of the molecule is O=C(c1ccccc1)C1CSCCN1. The van der Waals surface area contributed by atoms with Crippen LogP contribution in [-0.4, -0.2) is 29.9 Å². The van der Waals surface area contributed by atoms with Crippen molar-refractivity contribution in [2.24, 2.45) is 0 Å². The number of thioether (sulfide) groups is 1. The molecule has 0 aromatic heterocycles. The molecule has 0 spiro atoms. The van der Waals surface area contributed by atoms with Gasteiger partial charge in [-0.2, -0.15) is 11.8 Å². The van der Waals surface area contributed by atoms with E-state index in [9.17, 15) is 4.79 Å².